The number of aromatic hydroxyl groups is 1. The number of ether oxygens (including phenoxy) is 4. The first-order valence-electron chi connectivity index (χ1n) is 9.66. The van der Waals surface area contributed by atoms with E-state index in [1.807, 2.05) is 0 Å². The van der Waals surface area contributed by atoms with Crippen molar-refractivity contribution in [3.63, 3.8) is 0 Å². The van der Waals surface area contributed by atoms with Gasteiger partial charge >= 0.3 is 5.97 Å². The van der Waals surface area contributed by atoms with E-state index in [1.165, 1.54) is 33.3 Å². The molecule has 31 heavy (non-hydrogen) atoms. The number of benzene rings is 2. The highest BCUT2D eigenvalue weighted by atomic mass is 16.5. The van der Waals surface area contributed by atoms with Gasteiger partial charge in [0.1, 0.15) is 24.9 Å². The number of esters is 1. The first-order valence-corrected chi connectivity index (χ1v) is 9.66. The van der Waals surface area contributed by atoms with E-state index in [2.05, 4.69) is 0 Å². The number of fused-ring (bicyclic) bond motifs is 1. The molecular formula is C22H26O9. The molecule has 0 saturated carbocycles. The number of phenols is 1. The van der Waals surface area contributed by atoms with Crippen LogP contribution in [0.4, 0.5) is 0 Å². The average Bonchev–Trinajstić information content (AvgIpc) is 3.14. The molecule has 0 fully saturated rings. The molecule has 0 aromatic heterocycles. The summed E-state index contributed by atoms with van der Waals surface area (Å²) in [4.78, 5) is 11.5. The van der Waals surface area contributed by atoms with E-state index >= 15 is 0 Å². The maximum absolute atomic E-state index is 11.5. The van der Waals surface area contributed by atoms with E-state index in [4.69, 9.17) is 18.9 Å². The van der Waals surface area contributed by atoms with E-state index in [9.17, 15) is 25.2 Å². The molecule has 2 unspecified atom stereocenters. The summed E-state index contributed by atoms with van der Waals surface area (Å²) in [6.45, 7) is 0.666. The monoisotopic (exact) mass is 434 g/mol. The zero-order valence-corrected chi connectivity index (χ0v) is 17.4. The summed E-state index contributed by atoms with van der Waals surface area (Å²) in [6, 6.07) is 7.93. The maximum atomic E-state index is 11.5. The highest BCUT2D eigenvalue weighted by Crippen LogP contribution is 2.52. The Kier molecular flexibility index (Phi) is 6.89. The van der Waals surface area contributed by atoms with Crippen LogP contribution in [0, 0.1) is 0 Å². The zero-order chi connectivity index (χ0) is 22.7. The molecule has 0 aliphatic carbocycles. The highest BCUT2D eigenvalue weighted by molar-refractivity contribution is 5.66. The fourth-order valence-electron chi connectivity index (χ4n) is 3.62. The molecule has 0 spiro atoms. The van der Waals surface area contributed by atoms with Crippen molar-refractivity contribution in [1.82, 2.24) is 0 Å². The number of carbonyl (C=O) groups excluding carboxylic acids is 1. The van der Waals surface area contributed by atoms with Crippen molar-refractivity contribution < 1.29 is 44.2 Å². The Balaban J connectivity index is 2.08. The molecule has 1 aliphatic rings. The first kappa shape index (κ1) is 22.7. The van der Waals surface area contributed by atoms with Gasteiger partial charge < -0.3 is 39.4 Å². The number of rotatable bonds is 8. The lowest BCUT2D eigenvalue weighted by molar-refractivity contribution is -0.141. The molecule has 9 heteroatoms. The molecule has 0 saturated heterocycles. The number of hydrogen-bond donors (Lipinski definition) is 4. The van der Waals surface area contributed by atoms with Crippen molar-refractivity contribution in [3.8, 4) is 23.0 Å². The number of aliphatic hydroxyl groups excluding tert-OH is 3. The fourth-order valence-corrected chi connectivity index (χ4v) is 3.62. The van der Waals surface area contributed by atoms with Crippen molar-refractivity contribution in [2.24, 2.45) is 0 Å². The van der Waals surface area contributed by atoms with Gasteiger partial charge in [0.15, 0.2) is 23.0 Å². The minimum atomic E-state index is -1.38. The summed E-state index contributed by atoms with van der Waals surface area (Å²) in [5, 5.41) is 39.4. The van der Waals surface area contributed by atoms with Crippen LogP contribution in [-0.2, 0) is 9.53 Å². The van der Waals surface area contributed by atoms with Gasteiger partial charge in [-0.25, -0.2) is 0 Å². The molecule has 1 aliphatic heterocycles. The lowest BCUT2D eigenvalue weighted by Crippen LogP contribution is -2.22. The average molecular weight is 434 g/mol. The molecule has 4 atom stereocenters. The molecular weight excluding hydrogens is 408 g/mol. The summed E-state index contributed by atoms with van der Waals surface area (Å²) >= 11 is 0. The Morgan fingerprint density at radius 1 is 1.13 bits per heavy atom. The Bertz CT molecular complexity index is 943. The van der Waals surface area contributed by atoms with Crippen molar-refractivity contribution >= 4 is 5.97 Å². The van der Waals surface area contributed by atoms with E-state index in [-0.39, 0.29) is 18.1 Å². The molecule has 168 valence electrons. The number of hydrogen-bond acceptors (Lipinski definition) is 9. The highest BCUT2D eigenvalue weighted by Gasteiger charge is 2.40. The summed E-state index contributed by atoms with van der Waals surface area (Å²) < 4.78 is 22.1. The lowest BCUT2D eigenvalue weighted by Gasteiger charge is -2.20. The largest absolute Gasteiger partial charge is 0.504 e. The van der Waals surface area contributed by atoms with E-state index < -0.39 is 36.8 Å². The van der Waals surface area contributed by atoms with Crippen LogP contribution in [-0.4, -0.2) is 59.9 Å². The van der Waals surface area contributed by atoms with Crippen LogP contribution in [0.3, 0.4) is 0 Å². The van der Waals surface area contributed by atoms with Crippen molar-refractivity contribution in [2.75, 3.05) is 27.4 Å². The molecule has 1 heterocycles. The molecule has 2 aromatic carbocycles. The fraction of sp³-hybridized carbons (Fsp3) is 0.409. The van der Waals surface area contributed by atoms with Crippen LogP contribution in [0.15, 0.2) is 30.3 Å². The minimum Gasteiger partial charge on any atom is -0.504 e. The Morgan fingerprint density at radius 3 is 2.45 bits per heavy atom. The first-order chi connectivity index (χ1) is 14.8. The van der Waals surface area contributed by atoms with Crippen molar-refractivity contribution in [1.29, 1.82) is 0 Å². The van der Waals surface area contributed by atoms with Gasteiger partial charge in [-0.05, 0) is 35.4 Å². The zero-order valence-electron chi connectivity index (χ0n) is 17.4. The Morgan fingerprint density at radius 2 is 1.84 bits per heavy atom. The molecule has 4 N–H and O–H groups in total. The lowest BCUT2D eigenvalue weighted by atomic mass is 9.89. The molecule has 3 rings (SSSR count). The number of phenolic OH excluding ortho intramolecular Hbond substituents is 1. The second-order valence-electron chi connectivity index (χ2n) is 7.22. The quantitative estimate of drug-likeness (QED) is 0.457. The Labute approximate surface area is 179 Å². The number of carbonyl (C=O) groups is 1. The molecule has 2 aromatic rings. The van der Waals surface area contributed by atoms with Crippen molar-refractivity contribution in [3.05, 3.63) is 47.0 Å². The second kappa shape index (κ2) is 9.42. The summed E-state index contributed by atoms with van der Waals surface area (Å²) in [6.07, 6.45) is -3.34. The topological polar surface area (TPSA) is 135 Å². The van der Waals surface area contributed by atoms with Gasteiger partial charge in [-0.2, -0.15) is 0 Å². The van der Waals surface area contributed by atoms with Gasteiger partial charge in [0.2, 0.25) is 0 Å². The predicted molar refractivity (Wildman–Crippen MR) is 108 cm³/mol. The molecule has 0 bridgehead atoms. The summed E-state index contributed by atoms with van der Waals surface area (Å²) in [5.41, 5.74) is 1.59. The molecule has 0 amide bonds. The normalized spacial score (nSPS) is 19.2. The van der Waals surface area contributed by atoms with Gasteiger partial charge in [0.05, 0.1) is 26.7 Å². The van der Waals surface area contributed by atoms with Crippen LogP contribution >= 0.6 is 0 Å². The summed E-state index contributed by atoms with van der Waals surface area (Å²) in [7, 11) is 2.87. The molecule has 0 radical (unpaired) electrons. The van der Waals surface area contributed by atoms with Gasteiger partial charge in [0.25, 0.3) is 0 Å². The molecule has 9 nitrogen and oxygen atoms in total. The third-order valence-electron chi connectivity index (χ3n) is 5.23. The maximum Gasteiger partial charge on any atom is 0.302 e. The van der Waals surface area contributed by atoms with Gasteiger partial charge in [-0.1, -0.05) is 6.07 Å². The SMILES string of the molecule is COc1cc([C@H]2Oc3c(OC)cc(C(O)C(O)CO)cc3[C@@H]2COC(C)=O)ccc1O. The smallest absolute Gasteiger partial charge is 0.302 e. The minimum absolute atomic E-state index is 0.0125. The van der Waals surface area contributed by atoms with E-state index in [1.54, 1.807) is 18.2 Å². The van der Waals surface area contributed by atoms with Crippen LogP contribution < -0.4 is 14.2 Å². The number of methoxy groups -OCH3 is 2. The number of aliphatic hydroxyl groups is 3. The van der Waals surface area contributed by atoms with Crippen LogP contribution in [0.2, 0.25) is 0 Å². The Hall–Kier alpha value is -3.01. The predicted octanol–water partition coefficient (Wildman–Crippen LogP) is 1.58. The van der Waals surface area contributed by atoms with Gasteiger partial charge in [-0.15, -0.1) is 0 Å². The summed E-state index contributed by atoms with van der Waals surface area (Å²) in [5.74, 6) is 0.0235. The van der Waals surface area contributed by atoms with Crippen LogP contribution in [0.25, 0.3) is 0 Å². The van der Waals surface area contributed by atoms with Crippen LogP contribution in [0.5, 0.6) is 23.0 Å². The third kappa shape index (κ3) is 4.53. The standard InChI is InChI=1S/C22H26O9/c1-11(24)30-10-15-14-6-13(20(27)17(26)9-23)8-19(29-3)22(14)31-21(15)12-4-5-16(25)18(7-12)28-2/h4-8,15,17,20-21,23,25-27H,9-10H2,1-3H3/t15-,17?,20?,21+/m0/s1. The van der Waals surface area contributed by atoms with Gasteiger partial charge in [0, 0.05) is 12.5 Å². The third-order valence-corrected chi connectivity index (χ3v) is 5.23. The van der Waals surface area contributed by atoms with E-state index in [0.717, 1.165) is 0 Å². The van der Waals surface area contributed by atoms with E-state index in [0.29, 0.717) is 28.2 Å². The van der Waals surface area contributed by atoms with Crippen molar-refractivity contribution in [2.45, 2.75) is 31.2 Å². The van der Waals surface area contributed by atoms with Crippen LogP contribution in [0.1, 0.15) is 41.7 Å². The van der Waals surface area contributed by atoms with Gasteiger partial charge in [-0.3, -0.25) is 4.79 Å². The second-order valence-corrected chi connectivity index (χ2v) is 7.22.